The van der Waals surface area contributed by atoms with Gasteiger partial charge in [0.25, 0.3) is 5.91 Å². The number of nitrogens with one attached hydrogen (secondary N) is 2. The number of hydrogen-bond donors (Lipinski definition) is 2. The predicted octanol–water partition coefficient (Wildman–Crippen LogP) is 1.80. The van der Waals surface area contributed by atoms with E-state index >= 15 is 0 Å². The molecule has 0 aromatic heterocycles. The minimum Gasteiger partial charge on any atom is -0.302 e. The zero-order valence-electron chi connectivity index (χ0n) is 8.84. The first-order valence-electron chi connectivity index (χ1n) is 4.89. The molecule has 1 aromatic rings. The summed E-state index contributed by atoms with van der Waals surface area (Å²) in [5.41, 5.74) is -2.12. The summed E-state index contributed by atoms with van der Waals surface area (Å²) in [6, 6.07) is 5.84. The average molecular weight is 256 g/mol. The summed E-state index contributed by atoms with van der Waals surface area (Å²) in [5, 5.41) is 3.61. The zero-order chi connectivity index (χ0) is 13.3. The molecular weight excluding hydrogens is 249 g/mol. The van der Waals surface area contributed by atoms with Gasteiger partial charge in [0.05, 0.1) is 5.57 Å². The van der Waals surface area contributed by atoms with E-state index in [4.69, 9.17) is 0 Å². The molecule has 1 saturated heterocycles. The summed E-state index contributed by atoms with van der Waals surface area (Å²) >= 11 is 0. The third-order valence-corrected chi connectivity index (χ3v) is 2.29. The molecule has 0 atom stereocenters. The van der Waals surface area contributed by atoms with Crippen molar-refractivity contribution in [3.05, 3.63) is 41.6 Å². The third kappa shape index (κ3) is 2.20. The molecule has 0 aliphatic carbocycles. The average Bonchev–Trinajstić information content (AvgIpc) is 2.58. The highest BCUT2D eigenvalue weighted by molar-refractivity contribution is 6.16. The second kappa shape index (κ2) is 4.17. The maximum absolute atomic E-state index is 13.0. The van der Waals surface area contributed by atoms with Crippen LogP contribution in [0.4, 0.5) is 18.0 Å². The molecule has 0 saturated carbocycles. The maximum Gasteiger partial charge on any atom is 0.419 e. The molecule has 1 aliphatic rings. The van der Waals surface area contributed by atoms with Gasteiger partial charge in [-0.25, -0.2) is 4.79 Å². The number of carbonyl (C=O) groups excluding carboxylic acids is 2. The Kier molecular flexibility index (Phi) is 2.82. The van der Waals surface area contributed by atoms with E-state index in [0.29, 0.717) is 0 Å². The van der Waals surface area contributed by atoms with Crippen molar-refractivity contribution in [2.75, 3.05) is 0 Å². The standard InChI is InChI=1S/C11H7F3N2O2/c12-11(13,14)7(6-4-2-1-3-5-6)8-9(17)16-10(18)15-8/h1-5H,(H2,15,16,17,18). The van der Waals surface area contributed by atoms with Crippen LogP contribution in [-0.2, 0) is 4.79 Å². The lowest BCUT2D eigenvalue weighted by Gasteiger charge is -2.13. The van der Waals surface area contributed by atoms with E-state index in [0.717, 1.165) is 0 Å². The SMILES string of the molecule is O=C1NC(=O)C(=C(c2ccccc2)C(F)(F)F)N1. The molecular formula is C11H7F3N2O2. The van der Waals surface area contributed by atoms with Crippen LogP contribution in [0.5, 0.6) is 0 Å². The van der Waals surface area contributed by atoms with Gasteiger partial charge in [0.1, 0.15) is 5.70 Å². The molecule has 1 heterocycles. The van der Waals surface area contributed by atoms with E-state index in [1.54, 1.807) is 11.4 Å². The molecule has 4 nitrogen and oxygen atoms in total. The van der Waals surface area contributed by atoms with E-state index in [-0.39, 0.29) is 5.56 Å². The Bertz CT molecular complexity index is 535. The maximum atomic E-state index is 13.0. The number of amides is 3. The number of alkyl halides is 3. The summed E-state index contributed by atoms with van der Waals surface area (Å²) in [6.07, 6.45) is -4.74. The van der Waals surface area contributed by atoms with Crippen LogP contribution in [0.1, 0.15) is 5.56 Å². The van der Waals surface area contributed by atoms with Gasteiger partial charge in [0.2, 0.25) is 0 Å². The van der Waals surface area contributed by atoms with Gasteiger partial charge in [0.15, 0.2) is 0 Å². The number of allylic oxidation sites excluding steroid dienone is 1. The van der Waals surface area contributed by atoms with Crippen LogP contribution < -0.4 is 10.6 Å². The van der Waals surface area contributed by atoms with Gasteiger partial charge in [0, 0.05) is 0 Å². The van der Waals surface area contributed by atoms with Gasteiger partial charge in [-0.05, 0) is 5.56 Å². The van der Waals surface area contributed by atoms with Crippen LogP contribution in [0.3, 0.4) is 0 Å². The quantitative estimate of drug-likeness (QED) is 0.594. The van der Waals surface area contributed by atoms with Gasteiger partial charge in [-0.2, -0.15) is 13.2 Å². The van der Waals surface area contributed by atoms with Crippen LogP contribution in [-0.4, -0.2) is 18.1 Å². The van der Waals surface area contributed by atoms with Crippen molar-refractivity contribution in [1.29, 1.82) is 0 Å². The molecule has 94 valence electrons. The number of rotatable bonds is 1. The fraction of sp³-hybridized carbons (Fsp3) is 0.0909. The van der Waals surface area contributed by atoms with Crippen molar-refractivity contribution in [1.82, 2.24) is 10.6 Å². The fourth-order valence-electron chi connectivity index (χ4n) is 1.60. The first kappa shape index (κ1) is 12.2. The number of urea groups is 1. The molecule has 1 fully saturated rings. The summed E-state index contributed by atoms with van der Waals surface area (Å²) in [5.74, 6) is -1.09. The van der Waals surface area contributed by atoms with Crippen molar-refractivity contribution in [2.24, 2.45) is 0 Å². The molecule has 0 unspecified atom stereocenters. The molecule has 7 heteroatoms. The minimum absolute atomic E-state index is 0.183. The van der Waals surface area contributed by atoms with Crippen molar-refractivity contribution in [3.63, 3.8) is 0 Å². The molecule has 0 bridgehead atoms. The molecule has 0 radical (unpaired) electrons. The van der Waals surface area contributed by atoms with Crippen molar-refractivity contribution in [3.8, 4) is 0 Å². The van der Waals surface area contributed by atoms with Crippen LogP contribution in [0.2, 0.25) is 0 Å². The van der Waals surface area contributed by atoms with Crippen LogP contribution in [0.25, 0.3) is 5.57 Å². The normalized spacial score (nSPS) is 18.4. The Balaban J connectivity index is 2.61. The molecule has 3 amide bonds. The highest BCUT2D eigenvalue weighted by Crippen LogP contribution is 2.36. The smallest absolute Gasteiger partial charge is 0.302 e. The summed E-state index contributed by atoms with van der Waals surface area (Å²) in [7, 11) is 0. The zero-order valence-corrected chi connectivity index (χ0v) is 8.84. The second-order valence-corrected chi connectivity index (χ2v) is 3.52. The van der Waals surface area contributed by atoms with Crippen molar-refractivity contribution in [2.45, 2.75) is 6.18 Å². The number of imide groups is 1. The predicted molar refractivity (Wildman–Crippen MR) is 56.1 cm³/mol. The van der Waals surface area contributed by atoms with Crippen LogP contribution in [0.15, 0.2) is 36.0 Å². The Hall–Kier alpha value is -2.31. The van der Waals surface area contributed by atoms with Crippen LogP contribution in [0, 0.1) is 0 Å². The topological polar surface area (TPSA) is 58.2 Å². The number of carbonyl (C=O) groups is 2. The number of benzene rings is 1. The van der Waals surface area contributed by atoms with E-state index in [2.05, 4.69) is 0 Å². The van der Waals surface area contributed by atoms with Crippen molar-refractivity contribution < 1.29 is 22.8 Å². The van der Waals surface area contributed by atoms with Crippen molar-refractivity contribution >= 4 is 17.5 Å². The highest BCUT2D eigenvalue weighted by atomic mass is 19.4. The summed E-state index contributed by atoms with van der Waals surface area (Å²) in [4.78, 5) is 22.2. The molecule has 18 heavy (non-hydrogen) atoms. The van der Waals surface area contributed by atoms with Gasteiger partial charge in [-0.1, -0.05) is 30.3 Å². The fourth-order valence-corrected chi connectivity index (χ4v) is 1.60. The minimum atomic E-state index is -4.74. The third-order valence-electron chi connectivity index (χ3n) is 2.29. The van der Waals surface area contributed by atoms with Gasteiger partial charge < -0.3 is 5.32 Å². The largest absolute Gasteiger partial charge is 0.419 e. The molecule has 2 rings (SSSR count). The highest BCUT2D eigenvalue weighted by Gasteiger charge is 2.41. The first-order valence-corrected chi connectivity index (χ1v) is 4.89. The Morgan fingerprint density at radius 1 is 1.00 bits per heavy atom. The Labute approximate surface area is 99.5 Å². The van der Waals surface area contributed by atoms with E-state index in [1.165, 1.54) is 24.3 Å². The lowest BCUT2D eigenvalue weighted by molar-refractivity contribution is -0.116. The second-order valence-electron chi connectivity index (χ2n) is 3.52. The van der Waals surface area contributed by atoms with E-state index in [1.807, 2.05) is 5.32 Å². The molecule has 1 aliphatic heterocycles. The monoisotopic (exact) mass is 256 g/mol. The van der Waals surface area contributed by atoms with Crippen LogP contribution >= 0.6 is 0 Å². The summed E-state index contributed by atoms with van der Waals surface area (Å²) in [6.45, 7) is 0. The number of hydrogen-bond acceptors (Lipinski definition) is 2. The number of halogens is 3. The lowest BCUT2D eigenvalue weighted by Crippen LogP contribution is -2.22. The Morgan fingerprint density at radius 3 is 2.06 bits per heavy atom. The van der Waals surface area contributed by atoms with E-state index in [9.17, 15) is 22.8 Å². The van der Waals surface area contributed by atoms with E-state index < -0.39 is 29.4 Å². The molecule has 2 N–H and O–H groups in total. The molecule has 1 aromatic carbocycles. The van der Waals surface area contributed by atoms with Gasteiger partial charge in [-0.3, -0.25) is 10.1 Å². The lowest BCUT2D eigenvalue weighted by atomic mass is 10.0. The molecule has 0 spiro atoms. The van der Waals surface area contributed by atoms with Gasteiger partial charge in [-0.15, -0.1) is 0 Å². The Morgan fingerprint density at radius 2 is 1.61 bits per heavy atom. The summed E-state index contributed by atoms with van der Waals surface area (Å²) < 4.78 is 38.9. The van der Waals surface area contributed by atoms with Gasteiger partial charge >= 0.3 is 12.2 Å². The first-order chi connectivity index (χ1) is 8.39.